The molecule has 0 bridgehead atoms. The standard InChI is InChI=1S/C10H9ClO4/c1-2-15-10(14)9(13)7-5-6(11)3-4-8(7)12/h3-5,12H,2H2,1H3. The monoisotopic (exact) mass is 228 g/mol. The number of ether oxygens (including phenoxy) is 1. The molecule has 0 aromatic heterocycles. The highest BCUT2D eigenvalue weighted by Crippen LogP contribution is 2.22. The molecule has 80 valence electrons. The van der Waals surface area contributed by atoms with Gasteiger partial charge < -0.3 is 9.84 Å². The summed E-state index contributed by atoms with van der Waals surface area (Å²) in [6, 6.07) is 3.88. The summed E-state index contributed by atoms with van der Waals surface area (Å²) in [5.41, 5.74) is -0.152. The number of aromatic hydroxyl groups is 1. The van der Waals surface area contributed by atoms with Gasteiger partial charge in [0.2, 0.25) is 0 Å². The van der Waals surface area contributed by atoms with Crippen LogP contribution >= 0.6 is 11.6 Å². The summed E-state index contributed by atoms with van der Waals surface area (Å²) in [6.45, 7) is 1.69. The van der Waals surface area contributed by atoms with E-state index in [1.807, 2.05) is 0 Å². The van der Waals surface area contributed by atoms with Gasteiger partial charge in [0.05, 0.1) is 12.2 Å². The highest BCUT2D eigenvalue weighted by molar-refractivity contribution is 6.42. The van der Waals surface area contributed by atoms with Gasteiger partial charge in [-0.05, 0) is 25.1 Å². The summed E-state index contributed by atoms with van der Waals surface area (Å²) in [6.07, 6.45) is 0. The van der Waals surface area contributed by atoms with Crippen LogP contribution in [0.25, 0.3) is 0 Å². The molecule has 5 heteroatoms. The molecule has 0 unspecified atom stereocenters. The Morgan fingerprint density at radius 2 is 2.13 bits per heavy atom. The molecule has 0 aliphatic heterocycles. The van der Waals surface area contributed by atoms with E-state index in [0.717, 1.165) is 0 Å². The predicted molar refractivity (Wildman–Crippen MR) is 54.1 cm³/mol. The number of phenols is 1. The summed E-state index contributed by atoms with van der Waals surface area (Å²) in [7, 11) is 0. The summed E-state index contributed by atoms with van der Waals surface area (Å²) in [4.78, 5) is 22.5. The number of carbonyl (C=O) groups excluding carboxylic acids is 2. The molecule has 1 N–H and O–H groups in total. The predicted octanol–water partition coefficient (Wildman–Crippen LogP) is 1.79. The first-order valence-electron chi connectivity index (χ1n) is 4.26. The average molecular weight is 229 g/mol. The quantitative estimate of drug-likeness (QED) is 0.487. The minimum Gasteiger partial charge on any atom is -0.507 e. The summed E-state index contributed by atoms with van der Waals surface area (Å²) in [5, 5.41) is 9.60. The Labute approximate surface area is 91.4 Å². The third-order valence-electron chi connectivity index (χ3n) is 1.66. The lowest BCUT2D eigenvalue weighted by Crippen LogP contribution is -2.17. The first-order chi connectivity index (χ1) is 7.06. The topological polar surface area (TPSA) is 63.6 Å². The molecule has 0 aliphatic carbocycles. The van der Waals surface area contributed by atoms with Crippen molar-refractivity contribution >= 4 is 23.4 Å². The van der Waals surface area contributed by atoms with Gasteiger partial charge in [0, 0.05) is 5.02 Å². The third kappa shape index (κ3) is 2.70. The molecule has 0 amide bonds. The second kappa shape index (κ2) is 4.79. The number of halogens is 1. The van der Waals surface area contributed by atoms with Gasteiger partial charge in [-0.25, -0.2) is 4.79 Å². The van der Waals surface area contributed by atoms with Gasteiger partial charge in [-0.2, -0.15) is 0 Å². The van der Waals surface area contributed by atoms with Gasteiger partial charge in [-0.3, -0.25) is 4.79 Å². The van der Waals surface area contributed by atoms with Crippen molar-refractivity contribution < 1.29 is 19.4 Å². The minimum atomic E-state index is -1.00. The molecule has 0 aliphatic rings. The van der Waals surface area contributed by atoms with E-state index in [-0.39, 0.29) is 22.9 Å². The fraction of sp³-hybridized carbons (Fsp3) is 0.200. The molecule has 1 aromatic carbocycles. The zero-order valence-corrected chi connectivity index (χ0v) is 8.75. The number of ketones is 1. The van der Waals surface area contributed by atoms with Gasteiger partial charge in [-0.15, -0.1) is 0 Å². The average Bonchev–Trinajstić information content (AvgIpc) is 2.21. The highest BCUT2D eigenvalue weighted by Gasteiger charge is 2.20. The Kier molecular flexibility index (Phi) is 3.68. The van der Waals surface area contributed by atoms with Crippen molar-refractivity contribution in [2.75, 3.05) is 6.61 Å². The van der Waals surface area contributed by atoms with Crippen molar-refractivity contribution in [2.24, 2.45) is 0 Å². The molecule has 0 saturated heterocycles. The summed E-state index contributed by atoms with van der Waals surface area (Å²) in [5.74, 6) is -2.20. The van der Waals surface area contributed by atoms with E-state index in [0.29, 0.717) is 0 Å². The highest BCUT2D eigenvalue weighted by atomic mass is 35.5. The van der Waals surface area contributed by atoms with Crippen LogP contribution in [-0.2, 0) is 9.53 Å². The SMILES string of the molecule is CCOC(=O)C(=O)c1cc(Cl)ccc1O. The molecular weight excluding hydrogens is 220 g/mol. The molecule has 0 fully saturated rings. The van der Waals surface area contributed by atoms with E-state index in [2.05, 4.69) is 4.74 Å². The Balaban J connectivity index is 3.00. The number of hydrogen-bond donors (Lipinski definition) is 1. The van der Waals surface area contributed by atoms with Gasteiger partial charge in [0.25, 0.3) is 5.78 Å². The fourth-order valence-corrected chi connectivity index (χ4v) is 1.17. The molecule has 1 aromatic rings. The lowest BCUT2D eigenvalue weighted by atomic mass is 10.1. The Morgan fingerprint density at radius 1 is 1.47 bits per heavy atom. The van der Waals surface area contributed by atoms with E-state index < -0.39 is 11.8 Å². The van der Waals surface area contributed by atoms with Crippen LogP contribution in [0.4, 0.5) is 0 Å². The number of phenolic OH excluding ortho intramolecular Hbond substituents is 1. The second-order valence-corrected chi connectivity index (χ2v) is 3.15. The zero-order chi connectivity index (χ0) is 11.4. The van der Waals surface area contributed by atoms with Crippen molar-refractivity contribution in [1.29, 1.82) is 0 Å². The van der Waals surface area contributed by atoms with Crippen LogP contribution in [0.3, 0.4) is 0 Å². The lowest BCUT2D eigenvalue weighted by molar-refractivity contribution is -0.137. The van der Waals surface area contributed by atoms with Crippen LogP contribution in [0, 0.1) is 0 Å². The van der Waals surface area contributed by atoms with Crippen molar-refractivity contribution in [2.45, 2.75) is 6.92 Å². The molecular formula is C10H9ClO4. The number of carbonyl (C=O) groups is 2. The lowest BCUT2D eigenvalue weighted by Gasteiger charge is -2.03. The number of Topliss-reactive ketones (excluding diaryl/α,β-unsaturated/α-hetero) is 1. The molecule has 0 spiro atoms. The summed E-state index contributed by atoms with van der Waals surface area (Å²) < 4.78 is 4.51. The van der Waals surface area contributed by atoms with Crippen LogP contribution in [0.5, 0.6) is 5.75 Å². The Bertz CT molecular complexity index is 400. The van der Waals surface area contributed by atoms with Crippen molar-refractivity contribution in [3.05, 3.63) is 28.8 Å². The van der Waals surface area contributed by atoms with Crippen LogP contribution in [0.1, 0.15) is 17.3 Å². The smallest absolute Gasteiger partial charge is 0.379 e. The molecule has 0 saturated carbocycles. The number of benzene rings is 1. The van der Waals surface area contributed by atoms with Gasteiger partial charge in [-0.1, -0.05) is 11.6 Å². The van der Waals surface area contributed by atoms with Crippen LogP contribution < -0.4 is 0 Å². The van der Waals surface area contributed by atoms with E-state index in [4.69, 9.17) is 11.6 Å². The first kappa shape index (κ1) is 11.5. The van der Waals surface area contributed by atoms with E-state index in [1.54, 1.807) is 6.92 Å². The van der Waals surface area contributed by atoms with E-state index in [1.165, 1.54) is 18.2 Å². The Hall–Kier alpha value is -1.55. The van der Waals surface area contributed by atoms with E-state index >= 15 is 0 Å². The number of hydrogen-bond acceptors (Lipinski definition) is 4. The number of esters is 1. The van der Waals surface area contributed by atoms with Crippen molar-refractivity contribution in [3.8, 4) is 5.75 Å². The van der Waals surface area contributed by atoms with Crippen LogP contribution in [-0.4, -0.2) is 23.5 Å². The molecule has 15 heavy (non-hydrogen) atoms. The molecule has 0 radical (unpaired) electrons. The number of rotatable bonds is 3. The van der Waals surface area contributed by atoms with Gasteiger partial charge in [0.15, 0.2) is 0 Å². The van der Waals surface area contributed by atoms with Gasteiger partial charge >= 0.3 is 5.97 Å². The maximum absolute atomic E-state index is 11.4. The van der Waals surface area contributed by atoms with Crippen LogP contribution in [0.2, 0.25) is 5.02 Å². The van der Waals surface area contributed by atoms with E-state index in [9.17, 15) is 14.7 Å². The van der Waals surface area contributed by atoms with Gasteiger partial charge in [0.1, 0.15) is 5.75 Å². The molecule has 0 heterocycles. The first-order valence-corrected chi connectivity index (χ1v) is 4.64. The Morgan fingerprint density at radius 3 is 2.73 bits per heavy atom. The summed E-state index contributed by atoms with van der Waals surface area (Å²) >= 11 is 5.63. The molecule has 1 rings (SSSR count). The second-order valence-electron chi connectivity index (χ2n) is 2.71. The van der Waals surface area contributed by atoms with Crippen molar-refractivity contribution in [1.82, 2.24) is 0 Å². The maximum Gasteiger partial charge on any atom is 0.379 e. The molecule has 4 nitrogen and oxygen atoms in total. The van der Waals surface area contributed by atoms with Crippen LogP contribution in [0.15, 0.2) is 18.2 Å². The maximum atomic E-state index is 11.4. The zero-order valence-electron chi connectivity index (χ0n) is 7.99. The normalized spacial score (nSPS) is 9.73. The fourth-order valence-electron chi connectivity index (χ4n) is 0.997. The largest absolute Gasteiger partial charge is 0.507 e. The van der Waals surface area contributed by atoms with Crippen molar-refractivity contribution in [3.63, 3.8) is 0 Å². The molecule has 0 atom stereocenters. The third-order valence-corrected chi connectivity index (χ3v) is 1.90. The minimum absolute atomic E-state index is 0.103.